The van der Waals surface area contributed by atoms with Crippen molar-refractivity contribution in [2.75, 3.05) is 0 Å². The van der Waals surface area contributed by atoms with E-state index in [4.69, 9.17) is 9.29 Å². The van der Waals surface area contributed by atoms with E-state index in [1.165, 1.54) is 23.1 Å². The Bertz CT molecular complexity index is 1250. The number of likely N-dealkylation sites (tertiary alicyclic amines) is 1. The maximum Gasteiger partial charge on any atom is 0.411 e. The Morgan fingerprint density at radius 1 is 1.22 bits per heavy atom. The van der Waals surface area contributed by atoms with Crippen LogP contribution in [0.15, 0.2) is 47.4 Å². The molecule has 1 heterocycles. The van der Waals surface area contributed by atoms with E-state index in [2.05, 4.69) is 5.32 Å². The highest BCUT2D eigenvalue weighted by Crippen LogP contribution is 2.43. The third-order valence-corrected chi connectivity index (χ3v) is 7.47. The van der Waals surface area contributed by atoms with Gasteiger partial charge in [-0.15, -0.1) is 0 Å². The molecule has 2 amide bonds. The van der Waals surface area contributed by atoms with Gasteiger partial charge in [0.05, 0.1) is 11.0 Å². The van der Waals surface area contributed by atoms with Crippen molar-refractivity contribution >= 4 is 23.1 Å². The number of nitrogens with one attached hydrogen (secondary N) is 1. The predicted octanol–water partition coefficient (Wildman–Crippen LogP) is 4.41. The zero-order chi connectivity index (χ0) is 26.9. The van der Waals surface area contributed by atoms with Crippen LogP contribution in [-0.2, 0) is 27.0 Å². The van der Waals surface area contributed by atoms with E-state index in [0.29, 0.717) is 11.1 Å². The molecule has 1 saturated heterocycles. The molecule has 2 N–H and O–H groups in total. The summed E-state index contributed by atoms with van der Waals surface area (Å²) in [5, 5.41) is 12.4. The minimum atomic E-state index is -2.09. The van der Waals surface area contributed by atoms with Crippen molar-refractivity contribution in [2.24, 2.45) is 5.92 Å². The molecule has 0 radical (unpaired) electrons. The zero-order valence-corrected chi connectivity index (χ0v) is 21.8. The lowest BCUT2D eigenvalue weighted by atomic mass is 9.97. The standard InChI is InChI=1S/C27H30FN3O5S/c1-27(2,3)36-26(33)31-21-9-6-19(13-21)24(31)25(32)30-20(15-29)12-18-5-4-17(14-23(18)28)16-7-10-22(11-8-16)37(34)35/h4-5,7-8,10-11,14,19-21,24H,6,9,12-13H2,1-3H3,(H,30,32)(H,34,35)/t19-,20?,21+,24-/m0/s1. The fraction of sp³-hybridized carbons (Fsp3) is 0.444. The number of hydrogen-bond acceptors (Lipinski definition) is 5. The number of carbonyl (C=O) groups excluding carboxylic acids is 2. The number of benzene rings is 2. The Kier molecular flexibility index (Phi) is 7.67. The van der Waals surface area contributed by atoms with Crippen LogP contribution in [0, 0.1) is 23.1 Å². The maximum atomic E-state index is 14.9. The summed E-state index contributed by atoms with van der Waals surface area (Å²) in [6.07, 6.45) is 1.79. The molecule has 1 aliphatic carbocycles. The van der Waals surface area contributed by atoms with Gasteiger partial charge in [-0.1, -0.05) is 24.3 Å². The maximum absolute atomic E-state index is 14.9. The van der Waals surface area contributed by atoms with E-state index in [1.807, 2.05) is 6.07 Å². The van der Waals surface area contributed by atoms with Crippen LogP contribution in [0.2, 0.25) is 0 Å². The van der Waals surface area contributed by atoms with E-state index >= 15 is 0 Å². The van der Waals surface area contributed by atoms with Gasteiger partial charge in [0, 0.05) is 12.5 Å². The lowest BCUT2D eigenvalue weighted by Gasteiger charge is -2.35. The Balaban J connectivity index is 1.45. The second kappa shape index (κ2) is 10.6. The minimum absolute atomic E-state index is 0.00234. The monoisotopic (exact) mass is 527 g/mol. The number of amides is 2. The molecule has 1 aliphatic heterocycles. The molecule has 1 saturated carbocycles. The summed E-state index contributed by atoms with van der Waals surface area (Å²) in [7, 11) is 0. The van der Waals surface area contributed by atoms with Gasteiger partial charge in [0.25, 0.3) is 0 Å². The number of carbonyl (C=O) groups is 2. The zero-order valence-electron chi connectivity index (χ0n) is 20.9. The normalized spacial score (nSPS) is 22.3. The molecule has 2 bridgehead atoms. The Labute approximate surface area is 218 Å². The molecule has 196 valence electrons. The first-order valence-corrected chi connectivity index (χ1v) is 13.3. The molecule has 2 unspecified atom stereocenters. The number of halogens is 1. The first-order chi connectivity index (χ1) is 17.5. The molecular weight excluding hydrogens is 497 g/mol. The Morgan fingerprint density at radius 2 is 1.89 bits per heavy atom. The van der Waals surface area contributed by atoms with E-state index in [-0.39, 0.29) is 28.8 Å². The van der Waals surface area contributed by atoms with Crippen LogP contribution in [0.1, 0.15) is 45.6 Å². The van der Waals surface area contributed by atoms with Crippen LogP contribution in [0.4, 0.5) is 9.18 Å². The molecular formula is C27H30FN3O5S. The van der Waals surface area contributed by atoms with Crippen LogP contribution >= 0.6 is 0 Å². The number of piperidine rings is 1. The minimum Gasteiger partial charge on any atom is -0.444 e. The van der Waals surface area contributed by atoms with Gasteiger partial charge < -0.3 is 14.6 Å². The lowest BCUT2D eigenvalue weighted by Crippen LogP contribution is -2.55. The number of nitrogens with zero attached hydrogens (tertiary/aromatic N) is 2. The summed E-state index contributed by atoms with van der Waals surface area (Å²) in [6.45, 7) is 5.31. The first kappa shape index (κ1) is 26.8. The Hall–Kier alpha value is -3.29. The summed E-state index contributed by atoms with van der Waals surface area (Å²) in [5.41, 5.74) is 0.811. The summed E-state index contributed by atoms with van der Waals surface area (Å²) in [5.74, 6) is -0.956. The Morgan fingerprint density at radius 3 is 2.49 bits per heavy atom. The second-order valence-electron chi connectivity index (χ2n) is 10.5. The molecule has 37 heavy (non-hydrogen) atoms. The highest BCUT2D eigenvalue weighted by molar-refractivity contribution is 7.79. The van der Waals surface area contributed by atoms with E-state index in [0.717, 1.165) is 19.3 Å². The summed E-state index contributed by atoms with van der Waals surface area (Å²) in [4.78, 5) is 27.8. The summed E-state index contributed by atoms with van der Waals surface area (Å²) in [6, 6.07) is 11.1. The third kappa shape index (κ3) is 6.00. The van der Waals surface area contributed by atoms with Crippen molar-refractivity contribution in [2.45, 2.75) is 75.1 Å². The van der Waals surface area contributed by atoms with Crippen LogP contribution in [0.25, 0.3) is 11.1 Å². The highest BCUT2D eigenvalue weighted by atomic mass is 32.2. The fourth-order valence-electron chi connectivity index (χ4n) is 5.17. The van der Waals surface area contributed by atoms with Gasteiger partial charge in [-0.3, -0.25) is 9.69 Å². The van der Waals surface area contributed by atoms with Crippen molar-refractivity contribution in [3.63, 3.8) is 0 Å². The van der Waals surface area contributed by atoms with Gasteiger partial charge in [-0.2, -0.15) is 5.26 Å². The van der Waals surface area contributed by atoms with Gasteiger partial charge in [0.1, 0.15) is 23.5 Å². The molecule has 10 heteroatoms. The molecule has 5 atom stereocenters. The van der Waals surface area contributed by atoms with Crippen molar-refractivity contribution < 1.29 is 27.5 Å². The smallest absolute Gasteiger partial charge is 0.411 e. The average Bonchev–Trinajstić information content (AvgIpc) is 3.45. The van der Waals surface area contributed by atoms with Crippen LogP contribution in [0.3, 0.4) is 0 Å². The van der Waals surface area contributed by atoms with Gasteiger partial charge in [0.15, 0.2) is 11.1 Å². The number of fused-ring (bicyclic) bond motifs is 2. The van der Waals surface area contributed by atoms with Crippen LogP contribution in [-0.4, -0.2) is 49.4 Å². The molecule has 2 aromatic rings. The average molecular weight is 528 g/mol. The van der Waals surface area contributed by atoms with Crippen molar-refractivity contribution in [1.82, 2.24) is 10.2 Å². The van der Waals surface area contributed by atoms with Crippen molar-refractivity contribution in [1.29, 1.82) is 5.26 Å². The topological polar surface area (TPSA) is 120 Å². The number of ether oxygens (including phenoxy) is 1. The number of hydrogen-bond donors (Lipinski definition) is 2. The molecule has 0 spiro atoms. The van der Waals surface area contributed by atoms with E-state index in [1.54, 1.807) is 45.0 Å². The molecule has 2 aliphatic rings. The SMILES string of the molecule is CC(C)(C)OC(=O)N1[C@@H]2CC[C@@H](C2)[C@H]1C(=O)NC(C#N)Cc1ccc(-c2ccc(S(=O)O)cc2)cc1F. The lowest BCUT2D eigenvalue weighted by molar-refractivity contribution is -0.128. The van der Waals surface area contributed by atoms with Crippen molar-refractivity contribution in [3.05, 3.63) is 53.8 Å². The fourth-order valence-corrected chi connectivity index (χ4v) is 5.53. The molecule has 0 aromatic heterocycles. The first-order valence-electron chi connectivity index (χ1n) is 12.2. The van der Waals surface area contributed by atoms with Crippen LogP contribution in [0.5, 0.6) is 0 Å². The number of rotatable bonds is 6. The van der Waals surface area contributed by atoms with Gasteiger partial charge in [0.2, 0.25) is 5.91 Å². The third-order valence-electron chi connectivity index (χ3n) is 6.80. The highest BCUT2D eigenvalue weighted by Gasteiger charge is 2.52. The van der Waals surface area contributed by atoms with Crippen LogP contribution < -0.4 is 5.32 Å². The van der Waals surface area contributed by atoms with Gasteiger partial charge >= 0.3 is 6.09 Å². The van der Waals surface area contributed by atoms with Gasteiger partial charge in [-0.25, -0.2) is 13.4 Å². The largest absolute Gasteiger partial charge is 0.444 e. The summed E-state index contributed by atoms with van der Waals surface area (Å²) < 4.78 is 40.8. The molecule has 8 nitrogen and oxygen atoms in total. The molecule has 2 aromatic carbocycles. The molecule has 4 rings (SSSR count). The number of nitriles is 1. The predicted molar refractivity (Wildman–Crippen MR) is 135 cm³/mol. The second-order valence-corrected chi connectivity index (χ2v) is 11.5. The molecule has 2 fully saturated rings. The van der Waals surface area contributed by atoms with Gasteiger partial charge in [-0.05, 0) is 80.8 Å². The summed E-state index contributed by atoms with van der Waals surface area (Å²) >= 11 is -2.09. The van der Waals surface area contributed by atoms with E-state index < -0.39 is 46.6 Å². The quantitative estimate of drug-likeness (QED) is 0.537. The van der Waals surface area contributed by atoms with Crippen molar-refractivity contribution in [3.8, 4) is 17.2 Å². The van der Waals surface area contributed by atoms with E-state index in [9.17, 15) is 23.5 Å².